The number of fused-ring (bicyclic) bond motifs is 1. The van der Waals surface area contributed by atoms with Crippen molar-refractivity contribution in [3.63, 3.8) is 0 Å². The van der Waals surface area contributed by atoms with Gasteiger partial charge in [0.2, 0.25) is 0 Å². The van der Waals surface area contributed by atoms with E-state index in [2.05, 4.69) is 56.3 Å². The van der Waals surface area contributed by atoms with Crippen molar-refractivity contribution < 1.29 is 0 Å². The summed E-state index contributed by atoms with van der Waals surface area (Å²) in [7, 11) is 0. The first-order valence-corrected chi connectivity index (χ1v) is 7.37. The van der Waals surface area contributed by atoms with Crippen molar-refractivity contribution in [2.24, 2.45) is 0 Å². The predicted molar refractivity (Wildman–Crippen MR) is 82.1 cm³/mol. The Labute approximate surface area is 117 Å². The average Bonchev–Trinajstić information content (AvgIpc) is 2.41. The molecule has 1 nitrogen and oxygen atoms in total. The molecule has 0 fully saturated rings. The first-order chi connectivity index (χ1) is 9.08. The number of rotatable bonds is 4. The van der Waals surface area contributed by atoms with Crippen LogP contribution < -0.4 is 5.32 Å². The van der Waals surface area contributed by atoms with Crippen molar-refractivity contribution >= 4 is 0 Å². The molecule has 102 valence electrons. The first kappa shape index (κ1) is 14.2. The highest BCUT2D eigenvalue weighted by Gasteiger charge is 2.32. The molecule has 1 aromatic rings. The molecule has 0 saturated carbocycles. The molecule has 1 heteroatoms. The zero-order valence-corrected chi connectivity index (χ0v) is 12.4. The summed E-state index contributed by atoms with van der Waals surface area (Å²) in [6.45, 7) is 6.90. The maximum atomic E-state index is 5.46. The summed E-state index contributed by atoms with van der Waals surface area (Å²) in [5.41, 5.74) is 3.26. The van der Waals surface area contributed by atoms with Crippen LogP contribution in [0.25, 0.3) is 0 Å². The number of hydrogen-bond acceptors (Lipinski definition) is 1. The van der Waals surface area contributed by atoms with Crippen molar-refractivity contribution in [1.82, 2.24) is 5.32 Å². The predicted octanol–water partition coefficient (Wildman–Crippen LogP) is 4.19. The molecular formula is C18H25N. The third-order valence-electron chi connectivity index (χ3n) is 4.42. The van der Waals surface area contributed by atoms with Gasteiger partial charge >= 0.3 is 0 Å². The second-order valence-corrected chi connectivity index (χ2v) is 6.24. The molecule has 1 N–H and O–H groups in total. The lowest BCUT2D eigenvalue weighted by Gasteiger charge is -2.38. The number of benzene rings is 1. The van der Waals surface area contributed by atoms with Gasteiger partial charge in [-0.25, -0.2) is 0 Å². The van der Waals surface area contributed by atoms with Crippen LogP contribution >= 0.6 is 0 Å². The maximum Gasteiger partial charge on any atom is 0.0326 e. The maximum absolute atomic E-state index is 5.46. The van der Waals surface area contributed by atoms with Crippen LogP contribution in [0.2, 0.25) is 0 Å². The average molecular weight is 255 g/mol. The second-order valence-electron chi connectivity index (χ2n) is 6.24. The SMILES string of the molecule is C#CCC(CC)NC1CCC(C)(C)c2ccccc21. The minimum atomic E-state index is 0.294. The zero-order valence-electron chi connectivity index (χ0n) is 12.4. The van der Waals surface area contributed by atoms with Gasteiger partial charge in [0.1, 0.15) is 0 Å². The topological polar surface area (TPSA) is 12.0 Å². The van der Waals surface area contributed by atoms with E-state index in [0.717, 1.165) is 12.8 Å². The van der Waals surface area contributed by atoms with Gasteiger partial charge in [-0.3, -0.25) is 0 Å². The molecule has 0 heterocycles. The van der Waals surface area contributed by atoms with Gasteiger partial charge in [-0.2, -0.15) is 0 Å². The Balaban J connectivity index is 2.23. The van der Waals surface area contributed by atoms with Crippen molar-refractivity contribution in [1.29, 1.82) is 0 Å². The van der Waals surface area contributed by atoms with E-state index >= 15 is 0 Å². The van der Waals surface area contributed by atoms with E-state index in [9.17, 15) is 0 Å². The standard InChI is InChI=1S/C18H25N/c1-5-9-14(6-2)19-17-12-13-18(3,4)16-11-8-7-10-15(16)17/h1,7-8,10-11,14,17,19H,6,9,12-13H2,2-4H3. The fourth-order valence-electron chi connectivity index (χ4n) is 3.13. The zero-order chi connectivity index (χ0) is 13.9. The third kappa shape index (κ3) is 3.01. The summed E-state index contributed by atoms with van der Waals surface area (Å²) in [4.78, 5) is 0. The molecule has 0 radical (unpaired) electrons. The van der Waals surface area contributed by atoms with Gasteiger partial charge in [0, 0.05) is 18.5 Å². The van der Waals surface area contributed by atoms with Crippen LogP contribution in [0.5, 0.6) is 0 Å². The van der Waals surface area contributed by atoms with Crippen LogP contribution in [0.1, 0.15) is 63.6 Å². The van der Waals surface area contributed by atoms with Crippen molar-refractivity contribution in [3.8, 4) is 12.3 Å². The quantitative estimate of drug-likeness (QED) is 0.795. The molecule has 0 spiro atoms. The third-order valence-corrected chi connectivity index (χ3v) is 4.42. The van der Waals surface area contributed by atoms with E-state index < -0.39 is 0 Å². The van der Waals surface area contributed by atoms with E-state index in [0.29, 0.717) is 17.5 Å². The molecule has 0 amide bonds. The first-order valence-electron chi connectivity index (χ1n) is 7.37. The molecule has 1 aliphatic rings. The molecule has 0 bridgehead atoms. The highest BCUT2D eigenvalue weighted by molar-refractivity contribution is 5.38. The smallest absolute Gasteiger partial charge is 0.0326 e. The minimum absolute atomic E-state index is 0.294. The summed E-state index contributed by atoms with van der Waals surface area (Å²) in [6.07, 6.45) is 9.80. The Kier molecular flexibility index (Phi) is 4.32. The largest absolute Gasteiger partial charge is 0.306 e. The number of nitrogens with one attached hydrogen (secondary N) is 1. The molecule has 2 rings (SSSR count). The lowest BCUT2D eigenvalue weighted by molar-refractivity contribution is 0.330. The fraction of sp³-hybridized carbons (Fsp3) is 0.556. The van der Waals surface area contributed by atoms with Gasteiger partial charge in [0.15, 0.2) is 0 Å². The van der Waals surface area contributed by atoms with Crippen LogP contribution in [0, 0.1) is 12.3 Å². The summed E-state index contributed by atoms with van der Waals surface area (Å²) < 4.78 is 0. The molecule has 0 aromatic heterocycles. The summed E-state index contributed by atoms with van der Waals surface area (Å²) >= 11 is 0. The summed E-state index contributed by atoms with van der Waals surface area (Å²) in [5.74, 6) is 2.79. The van der Waals surface area contributed by atoms with E-state index in [1.54, 1.807) is 0 Å². The van der Waals surface area contributed by atoms with Crippen LogP contribution in [0.15, 0.2) is 24.3 Å². The lowest BCUT2D eigenvalue weighted by Crippen LogP contribution is -2.37. The molecule has 0 saturated heterocycles. The van der Waals surface area contributed by atoms with Gasteiger partial charge in [-0.15, -0.1) is 12.3 Å². The molecule has 1 aromatic carbocycles. The Bertz CT molecular complexity index is 467. The van der Waals surface area contributed by atoms with Crippen LogP contribution in [-0.4, -0.2) is 6.04 Å². The number of hydrogen-bond donors (Lipinski definition) is 1. The van der Waals surface area contributed by atoms with Crippen LogP contribution in [0.3, 0.4) is 0 Å². The number of terminal acetylenes is 1. The van der Waals surface area contributed by atoms with Gasteiger partial charge in [0.25, 0.3) is 0 Å². The minimum Gasteiger partial charge on any atom is -0.306 e. The van der Waals surface area contributed by atoms with E-state index in [1.807, 2.05) is 0 Å². The summed E-state index contributed by atoms with van der Waals surface area (Å²) in [6, 6.07) is 9.76. The molecule has 0 aliphatic heterocycles. The van der Waals surface area contributed by atoms with Gasteiger partial charge in [-0.05, 0) is 35.8 Å². The second kappa shape index (κ2) is 5.80. The van der Waals surface area contributed by atoms with Gasteiger partial charge < -0.3 is 5.32 Å². The van der Waals surface area contributed by atoms with Crippen molar-refractivity contribution in [2.45, 2.75) is 64.0 Å². The van der Waals surface area contributed by atoms with Gasteiger partial charge in [0.05, 0.1) is 0 Å². The van der Waals surface area contributed by atoms with Crippen molar-refractivity contribution in [3.05, 3.63) is 35.4 Å². The Morgan fingerprint density at radius 3 is 2.84 bits per heavy atom. The Hall–Kier alpha value is -1.26. The fourth-order valence-corrected chi connectivity index (χ4v) is 3.13. The van der Waals surface area contributed by atoms with Crippen LogP contribution in [0.4, 0.5) is 0 Å². The monoisotopic (exact) mass is 255 g/mol. The Morgan fingerprint density at radius 1 is 1.42 bits per heavy atom. The molecule has 19 heavy (non-hydrogen) atoms. The summed E-state index contributed by atoms with van der Waals surface area (Å²) in [5, 5.41) is 3.76. The Morgan fingerprint density at radius 2 is 2.16 bits per heavy atom. The lowest BCUT2D eigenvalue weighted by atomic mass is 9.71. The van der Waals surface area contributed by atoms with E-state index in [1.165, 1.54) is 24.0 Å². The van der Waals surface area contributed by atoms with Crippen molar-refractivity contribution in [2.75, 3.05) is 0 Å². The highest BCUT2D eigenvalue weighted by atomic mass is 15.0. The molecule has 2 atom stereocenters. The molecule has 1 aliphatic carbocycles. The van der Waals surface area contributed by atoms with E-state index in [4.69, 9.17) is 6.42 Å². The highest BCUT2D eigenvalue weighted by Crippen LogP contribution is 2.41. The van der Waals surface area contributed by atoms with Gasteiger partial charge in [-0.1, -0.05) is 45.0 Å². The van der Waals surface area contributed by atoms with Crippen LogP contribution in [-0.2, 0) is 5.41 Å². The normalized spacial score (nSPS) is 22.3. The molecule has 2 unspecified atom stereocenters. The van der Waals surface area contributed by atoms with E-state index in [-0.39, 0.29) is 0 Å². The molecular weight excluding hydrogens is 230 g/mol.